The van der Waals surface area contributed by atoms with Crippen molar-refractivity contribution in [3.63, 3.8) is 0 Å². The molecule has 7 rings (SSSR count). The highest BCUT2D eigenvalue weighted by atomic mass is 35.5. The molecule has 2 aromatic carbocycles. The first-order valence-corrected chi connectivity index (χ1v) is 21.5. The van der Waals surface area contributed by atoms with Gasteiger partial charge in [-0.25, -0.2) is 13.1 Å². The number of carbonyl (C=O) groups excluding carboxylic acids is 2. The van der Waals surface area contributed by atoms with Gasteiger partial charge in [0.2, 0.25) is 15.9 Å². The summed E-state index contributed by atoms with van der Waals surface area (Å²) in [5.41, 5.74) is 2.54. The number of fused-ring (bicyclic) bond motifs is 4. The van der Waals surface area contributed by atoms with Crippen LogP contribution in [0, 0.1) is 17.8 Å². The van der Waals surface area contributed by atoms with Crippen molar-refractivity contribution in [2.24, 2.45) is 17.8 Å². The molecule has 1 N–H and O–H groups in total. The second-order valence-corrected chi connectivity index (χ2v) is 18.6. The predicted molar refractivity (Wildman–Crippen MR) is 208 cm³/mol. The van der Waals surface area contributed by atoms with E-state index >= 15 is 0 Å². The van der Waals surface area contributed by atoms with Crippen LogP contribution < -0.4 is 14.4 Å². The first kappa shape index (κ1) is 38.2. The monoisotopic (exact) mass is 766 g/mol. The molecule has 4 aliphatic heterocycles. The molecule has 10 nitrogen and oxygen atoms in total. The van der Waals surface area contributed by atoms with Gasteiger partial charge in [0.05, 0.1) is 24.0 Å². The number of ether oxygens (including phenoxy) is 2. The molecule has 5 aliphatic rings. The van der Waals surface area contributed by atoms with E-state index in [1.165, 1.54) is 12.0 Å². The van der Waals surface area contributed by atoms with Gasteiger partial charge in [0, 0.05) is 43.4 Å². The number of hydrogen-bond donors (Lipinski definition) is 1. The van der Waals surface area contributed by atoms with E-state index in [1.807, 2.05) is 30.0 Å². The summed E-state index contributed by atoms with van der Waals surface area (Å²) in [4.78, 5) is 34.0. The van der Waals surface area contributed by atoms with Gasteiger partial charge in [-0.2, -0.15) is 0 Å². The largest absolute Gasteiger partial charge is 0.487 e. The fraction of sp³-hybridized carbons (Fsp3) is 0.610. The van der Waals surface area contributed by atoms with Gasteiger partial charge in [0.25, 0.3) is 5.91 Å². The van der Waals surface area contributed by atoms with E-state index < -0.39 is 26.8 Å². The van der Waals surface area contributed by atoms with E-state index in [4.69, 9.17) is 21.1 Å². The number of anilines is 1. The summed E-state index contributed by atoms with van der Waals surface area (Å²) < 4.78 is 42.7. The normalized spacial score (nSPS) is 31.7. The van der Waals surface area contributed by atoms with Crippen LogP contribution in [0.3, 0.4) is 0 Å². The number of piperidine rings is 1. The number of rotatable bonds is 3. The fourth-order valence-corrected chi connectivity index (χ4v) is 10.7. The first-order valence-electron chi connectivity index (χ1n) is 19.6. The van der Waals surface area contributed by atoms with Gasteiger partial charge in [-0.3, -0.25) is 14.5 Å². The van der Waals surface area contributed by atoms with Gasteiger partial charge in [-0.15, -0.1) is 0 Å². The van der Waals surface area contributed by atoms with Crippen LogP contribution in [-0.2, 0) is 32.6 Å². The summed E-state index contributed by atoms with van der Waals surface area (Å²) in [6.45, 7) is 7.92. The first-order chi connectivity index (χ1) is 25.5. The van der Waals surface area contributed by atoms with E-state index in [9.17, 15) is 18.0 Å². The zero-order valence-corrected chi connectivity index (χ0v) is 33.0. The summed E-state index contributed by atoms with van der Waals surface area (Å²) in [6, 6.07) is 11.5. The Labute approximate surface area is 320 Å². The Hall–Kier alpha value is -3.12. The van der Waals surface area contributed by atoms with Crippen molar-refractivity contribution in [3.05, 3.63) is 70.3 Å². The van der Waals surface area contributed by atoms with Crippen LogP contribution in [0.25, 0.3) is 0 Å². The number of piperazine rings is 1. The number of nitrogens with zero attached hydrogens (tertiary/aromatic N) is 3. The summed E-state index contributed by atoms with van der Waals surface area (Å²) in [6.07, 6.45) is 12.8. The smallest absolute Gasteiger partial charge is 0.264 e. The number of halogens is 1. The summed E-state index contributed by atoms with van der Waals surface area (Å²) in [7, 11) is -2.24. The van der Waals surface area contributed by atoms with E-state index in [1.54, 1.807) is 32.2 Å². The molecular weight excluding hydrogens is 712 g/mol. The molecule has 12 heteroatoms. The Morgan fingerprint density at radius 3 is 2.60 bits per heavy atom. The quantitative estimate of drug-likeness (QED) is 0.368. The van der Waals surface area contributed by atoms with Gasteiger partial charge >= 0.3 is 0 Å². The van der Waals surface area contributed by atoms with Crippen molar-refractivity contribution >= 4 is 39.1 Å². The van der Waals surface area contributed by atoms with Crippen LogP contribution in [0.15, 0.2) is 48.6 Å². The molecule has 2 saturated heterocycles. The Morgan fingerprint density at radius 2 is 1.81 bits per heavy atom. The average Bonchev–Trinajstić information content (AvgIpc) is 3.15. The summed E-state index contributed by atoms with van der Waals surface area (Å²) in [5, 5.41) is -0.125. The maximum atomic E-state index is 13.7. The van der Waals surface area contributed by atoms with E-state index in [0.29, 0.717) is 56.0 Å². The van der Waals surface area contributed by atoms with Crippen molar-refractivity contribution in [2.75, 3.05) is 51.3 Å². The van der Waals surface area contributed by atoms with Crippen LogP contribution in [-0.4, -0.2) is 93.3 Å². The molecule has 0 spiro atoms. The molecule has 3 fully saturated rings. The third-order valence-electron chi connectivity index (χ3n) is 12.9. The standard InChI is InChI=1S/C41H55ClN4O6S/c1-28-9-8-18-41(51-3,27-46-24-35-11-5-7-19-44(35)25-39(46)47)36-16-13-32(36)23-45-20-6-4-10-30-21-34(42)15-12-33(30)26-52-38-17-14-31(22-37(38)45)40(48)43-53(49,50)29(28)2/h8,12,14-15,17-18,21-22,28-29,32,35-36H,4-7,9-11,13,16,19-20,23-27H2,1-3H3,(H,43,48)/b18-8+/t28-,29+,32-,35+,36+,41-/m0/s1. The van der Waals surface area contributed by atoms with Gasteiger partial charge in [-0.1, -0.05) is 43.2 Å². The van der Waals surface area contributed by atoms with Crippen molar-refractivity contribution in [1.82, 2.24) is 14.5 Å². The minimum atomic E-state index is -4.00. The molecule has 0 unspecified atom stereocenters. The highest BCUT2D eigenvalue weighted by Gasteiger charge is 2.49. The topological polar surface area (TPSA) is 108 Å². The average molecular weight is 767 g/mol. The molecular formula is C41H55ClN4O6S. The Morgan fingerprint density at radius 1 is 0.981 bits per heavy atom. The maximum Gasteiger partial charge on any atom is 0.264 e. The molecule has 288 valence electrons. The van der Waals surface area contributed by atoms with Crippen molar-refractivity contribution < 1.29 is 27.5 Å². The molecule has 2 amide bonds. The maximum absolute atomic E-state index is 13.7. The Bertz CT molecular complexity index is 1820. The predicted octanol–water partition coefficient (Wildman–Crippen LogP) is 6.21. The lowest BCUT2D eigenvalue weighted by Crippen LogP contribution is -2.63. The molecule has 4 heterocycles. The highest BCUT2D eigenvalue weighted by Crippen LogP contribution is 2.47. The number of carbonyl (C=O) groups is 2. The van der Waals surface area contributed by atoms with Crippen molar-refractivity contribution in [1.29, 1.82) is 0 Å². The molecule has 1 saturated carbocycles. The van der Waals surface area contributed by atoms with Crippen LogP contribution in [0.5, 0.6) is 5.75 Å². The number of aryl methyl sites for hydroxylation is 1. The van der Waals surface area contributed by atoms with E-state index in [-0.39, 0.29) is 29.2 Å². The number of allylic oxidation sites excluding steroid dienone is 1. The third kappa shape index (κ3) is 8.14. The lowest BCUT2D eigenvalue weighted by atomic mass is 9.63. The molecule has 53 heavy (non-hydrogen) atoms. The van der Waals surface area contributed by atoms with Crippen molar-refractivity contribution in [2.45, 2.75) is 95.1 Å². The second kappa shape index (κ2) is 15.9. The molecule has 0 radical (unpaired) electrons. The molecule has 6 atom stereocenters. The van der Waals surface area contributed by atoms with Gasteiger partial charge in [0.15, 0.2) is 0 Å². The Kier molecular flexibility index (Phi) is 11.5. The third-order valence-corrected chi connectivity index (χ3v) is 15.0. The van der Waals surface area contributed by atoms with E-state index in [0.717, 1.165) is 69.3 Å². The second-order valence-electron chi connectivity index (χ2n) is 16.1. The molecule has 1 aliphatic carbocycles. The molecule has 2 aromatic rings. The van der Waals surface area contributed by atoms with Crippen LogP contribution >= 0.6 is 11.6 Å². The zero-order chi connectivity index (χ0) is 37.3. The Balaban J connectivity index is 1.26. The molecule has 2 bridgehead atoms. The SMILES string of the molecule is CO[C@]1(CN2C[C@H]3CCCCN3CC2=O)/C=C/C[C@H](C)[C@@H](C)S(=O)(=O)NC(=O)c2ccc3c(c2)N(CCCCc2cc(Cl)ccc2CO3)C[C@@H]2CC[C@H]21. The van der Waals surface area contributed by atoms with Crippen LogP contribution in [0.2, 0.25) is 5.02 Å². The zero-order valence-electron chi connectivity index (χ0n) is 31.4. The number of nitrogens with one attached hydrogen (secondary N) is 1. The summed E-state index contributed by atoms with van der Waals surface area (Å²) >= 11 is 6.40. The lowest BCUT2D eigenvalue weighted by Gasteiger charge is -2.52. The van der Waals surface area contributed by atoms with E-state index in [2.05, 4.69) is 26.7 Å². The number of sulfonamides is 1. The van der Waals surface area contributed by atoms with Crippen LogP contribution in [0.1, 0.15) is 86.7 Å². The van der Waals surface area contributed by atoms with Gasteiger partial charge in [-0.05, 0) is 124 Å². The van der Waals surface area contributed by atoms with Gasteiger partial charge in [0.1, 0.15) is 18.0 Å². The molecule has 0 aromatic heterocycles. The van der Waals surface area contributed by atoms with Crippen LogP contribution in [0.4, 0.5) is 5.69 Å². The van der Waals surface area contributed by atoms with Gasteiger partial charge < -0.3 is 19.3 Å². The fourth-order valence-electron chi connectivity index (χ4n) is 9.19. The number of amides is 2. The van der Waals surface area contributed by atoms with Crippen molar-refractivity contribution in [3.8, 4) is 5.75 Å². The minimum absolute atomic E-state index is 0.130. The number of methoxy groups -OCH3 is 1. The highest BCUT2D eigenvalue weighted by molar-refractivity contribution is 7.90. The summed E-state index contributed by atoms with van der Waals surface area (Å²) in [5.74, 6) is 0.240. The number of benzene rings is 2. The minimum Gasteiger partial charge on any atom is -0.487 e. The lowest BCUT2D eigenvalue weighted by molar-refractivity contribution is -0.149. The number of hydrogen-bond acceptors (Lipinski definition) is 8.